The van der Waals surface area contributed by atoms with Crippen molar-refractivity contribution >= 4 is 11.5 Å². The minimum absolute atomic E-state index is 0.0494. The van der Waals surface area contributed by atoms with Crippen molar-refractivity contribution < 1.29 is 4.74 Å². The van der Waals surface area contributed by atoms with Crippen LogP contribution in [0.4, 0.5) is 5.82 Å². The Morgan fingerprint density at radius 2 is 2.11 bits per heavy atom. The molecule has 27 heavy (non-hydrogen) atoms. The number of anilines is 1. The van der Waals surface area contributed by atoms with Crippen LogP contribution in [0.2, 0.25) is 0 Å². The maximum absolute atomic E-state index is 5.89. The van der Waals surface area contributed by atoms with Gasteiger partial charge in [0.2, 0.25) is 0 Å². The van der Waals surface area contributed by atoms with Gasteiger partial charge in [-0.05, 0) is 25.5 Å². The Balaban J connectivity index is 1.61. The second-order valence-corrected chi connectivity index (χ2v) is 6.38. The molecule has 0 saturated carbocycles. The molecule has 3 heterocycles. The summed E-state index contributed by atoms with van der Waals surface area (Å²) in [5.41, 5.74) is 3.79. The lowest BCUT2D eigenvalue weighted by atomic mass is 10.1. The number of hydrogen-bond donors (Lipinski definition) is 2. The summed E-state index contributed by atoms with van der Waals surface area (Å²) in [4.78, 5) is 4.76. The molecule has 0 spiro atoms. The highest BCUT2D eigenvalue weighted by Gasteiger charge is 2.14. The second kappa shape index (κ2) is 7.49. The quantitative estimate of drug-likeness (QED) is 0.518. The van der Waals surface area contributed by atoms with Crippen LogP contribution in [0.25, 0.3) is 16.8 Å². The van der Waals surface area contributed by atoms with Gasteiger partial charge in [0, 0.05) is 29.1 Å². The highest BCUT2D eigenvalue weighted by atomic mass is 16.5. The van der Waals surface area contributed by atoms with E-state index in [4.69, 9.17) is 9.72 Å². The van der Waals surface area contributed by atoms with E-state index in [2.05, 4.69) is 40.5 Å². The van der Waals surface area contributed by atoms with E-state index >= 15 is 0 Å². The van der Waals surface area contributed by atoms with E-state index in [0.717, 1.165) is 40.3 Å². The molecule has 7 nitrogen and oxygen atoms in total. The van der Waals surface area contributed by atoms with Crippen LogP contribution in [0.5, 0.6) is 5.75 Å². The molecule has 3 aromatic heterocycles. The van der Waals surface area contributed by atoms with Gasteiger partial charge in [-0.2, -0.15) is 10.2 Å². The molecule has 0 radical (unpaired) electrons. The highest BCUT2D eigenvalue weighted by Crippen LogP contribution is 2.28. The first-order chi connectivity index (χ1) is 13.3. The molecule has 1 aromatic carbocycles. The Kier molecular flexibility index (Phi) is 4.74. The van der Waals surface area contributed by atoms with Gasteiger partial charge in [-0.3, -0.25) is 5.10 Å². The molecular weight excluding hydrogens is 340 g/mol. The number of nitrogens with one attached hydrogen (secondary N) is 2. The topological polar surface area (TPSA) is 80.1 Å². The molecule has 1 unspecified atom stereocenters. The normalized spacial score (nSPS) is 12.2. The molecule has 7 heteroatoms. The Morgan fingerprint density at radius 3 is 2.93 bits per heavy atom. The zero-order chi connectivity index (χ0) is 18.6. The highest BCUT2D eigenvalue weighted by molar-refractivity contribution is 5.76. The minimum atomic E-state index is 0.0494. The first-order valence-electron chi connectivity index (χ1n) is 9.08. The predicted molar refractivity (Wildman–Crippen MR) is 105 cm³/mol. The van der Waals surface area contributed by atoms with Crippen molar-refractivity contribution in [1.82, 2.24) is 24.8 Å². The first kappa shape index (κ1) is 17.1. The molecule has 0 aliphatic heterocycles. The summed E-state index contributed by atoms with van der Waals surface area (Å²) in [5, 5.41) is 14.7. The maximum Gasteiger partial charge on any atom is 0.165 e. The molecule has 2 N–H and O–H groups in total. The summed E-state index contributed by atoms with van der Waals surface area (Å²) in [7, 11) is 0. The third kappa shape index (κ3) is 3.48. The smallest absolute Gasteiger partial charge is 0.165 e. The molecule has 138 valence electrons. The summed E-state index contributed by atoms with van der Waals surface area (Å²) >= 11 is 0. The number of aromatic nitrogens is 5. The van der Waals surface area contributed by atoms with Crippen LogP contribution in [-0.2, 0) is 0 Å². The van der Waals surface area contributed by atoms with Gasteiger partial charge in [0.15, 0.2) is 5.65 Å². The van der Waals surface area contributed by atoms with Crippen molar-refractivity contribution in [2.45, 2.75) is 26.3 Å². The Hall–Kier alpha value is -3.35. The Bertz CT molecular complexity index is 1020. The van der Waals surface area contributed by atoms with Crippen molar-refractivity contribution in [1.29, 1.82) is 0 Å². The zero-order valence-corrected chi connectivity index (χ0v) is 15.4. The molecule has 0 amide bonds. The van der Waals surface area contributed by atoms with E-state index in [-0.39, 0.29) is 6.04 Å². The van der Waals surface area contributed by atoms with Crippen molar-refractivity contribution in [3.63, 3.8) is 0 Å². The molecule has 4 aromatic rings. The predicted octanol–water partition coefficient (Wildman–Crippen LogP) is 4.08. The molecule has 0 aliphatic carbocycles. The number of nitrogens with zero attached hydrogens (tertiary/aromatic N) is 4. The maximum atomic E-state index is 5.89. The van der Waals surface area contributed by atoms with E-state index in [1.807, 2.05) is 36.7 Å². The van der Waals surface area contributed by atoms with Crippen LogP contribution in [0, 0.1) is 0 Å². The van der Waals surface area contributed by atoms with E-state index in [1.54, 1.807) is 16.9 Å². The van der Waals surface area contributed by atoms with E-state index in [0.29, 0.717) is 6.61 Å². The van der Waals surface area contributed by atoms with Crippen LogP contribution in [-0.4, -0.2) is 31.4 Å². The number of rotatable bonds is 7. The van der Waals surface area contributed by atoms with E-state index in [1.165, 1.54) is 0 Å². The van der Waals surface area contributed by atoms with Crippen LogP contribution in [0.15, 0.2) is 55.1 Å². The number of para-hydroxylation sites is 1. The van der Waals surface area contributed by atoms with Gasteiger partial charge >= 0.3 is 0 Å². The summed E-state index contributed by atoms with van der Waals surface area (Å²) in [6.07, 6.45) is 8.28. The van der Waals surface area contributed by atoms with Gasteiger partial charge in [-0.15, -0.1) is 0 Å². The number of H-pyrrole nitrogens is 1. The minimum Gasteiger partial charge on any atom is -0.493 e. The van der Waals surface area contributed by atoms with Gasteiger partial charge in [-0.25, -0.2) is 9.50 Å². The van der Waals surface area contributed by atoms with Crippen molar-refractivity contribution in [3.8, 4) is 16.9 Å². The van der Waals surface area contributed by atoms with E-state index in [9.17, 15) is 0 Å². The third-order valence-electron chi connectivity index (χ3n) is 4.39. The summed E-state index contributed by atoms with van der Waals surface area (Å²) in [6.45, 7) is 4.91. The fourth-order valence-corrected chi connectivity index (χ4v) is 3.03. The summed E-state index contributed by atoms with van der Waals surface area (Å²) in [6, 6.07) is 10.1. The van der Waals surface area contributed by atoms with Crippen LogP contribution in [0.3, 0.4) is 0 Å². The lowest BCUT2D eigenvalue weighted by Crippen LogP contribution is -2.10. The number of fused-ring (bicyclic) bond motifs is 1. The van der Waals surface area contributed by atoms with Crippen LogP contribution in [0.1, 0.15) is 31.9 Å². The van der Waals surface area contributed by atoms with Crippen molar-refractivity contribution in [2.24, 2.45) is 0 Å². The summed E-state index contributed by atoms with van der Waals surface area (Å²) in [5.74, 6) is 1.69. The molecule has 0 bridgehead atoms. The lowest BCUT2D eigenvalue weighted by Gasteiger charge is -2.18. The van der Waals surface area contributed by atoms with E-state index < -0.39 is 0 Å². The summed E-state index contributed by atoms with van der Waals surface area (Å²) < 4.78 is 7.65. The number of aromatic amines is 1. The average molecular weight is 362 g/mol. The fraction of sp³-hybridized carbons (Fsp3) is 0.250. The number of ether oxygens (including phenoxy) is 1. The van der Waals surface area contributed by atoms with Crippen LogP contribution < -0.4 is 10.1 Å². The monoisotopic (exact) mass is 362 g/mol. The molecule has 0 fully saturated rings. The van der Waals surface area contributed by atoms with Gasteiger partial charge in [0.1, 0.15) is 11.6 Å². The Labute approximate surface area is 157 Å². The van der Waals surface area contributed by atoms with Gasteiger partial charge in [-0.1, -0.05) is 25.1 Å². The lowest BCUT2D eigenvalue weighted by molar-refractivity contribution is 0.313. The standard InChI is InChI=1S/C20H22N6O/c1-3-10-27-18-7-5-4-6-16(18)14(2)24-19-8-9-26-20(25-19)17(13-23-26)15-11-21-22-12-15/h4-9,11-14H,3,10H2,1-2H3,(H,21,22)(H,24,25). The molecule has 4 rings (SSSR count). The van der Waals surface area contributed by atoms with Crippen molar-refractivity contribution in [3.05, 3.63) is 60.7 Å². The average Bonchev–Trinajstić information content (AvgIpc) is 3.35. The number of benzene rings is 1. The van der Waals surface area contributed by atoms with Crippen molar-refractivity contribution in [2.75, 3.05) is 11.9 Å². The van der Waals surface area contributed by atoms with Gasteiger partial charge in [0.25, 0.3) is 0 Å². The molecule has 1 atom stereocenters. The molecule has 0 aliphatic rings. The first-order valence-corrected chi connectivity index (χ1v) is 9.08. The SMILES string of the molecule is CCCOc1ccccc1C(C)Nc1ccn2ncc(-c3cn[nH]c3)c2n1. The Morgan fingerprint density at radius 1 is 1.22 bits per heavy atom. The van der Waals surface area contributed by atoms with Gasteiger partial charge in [0.05, 0.1) is 25.0 Å². The zero-order valence-electron chi connectivity index (χ0n) is 15.4. The largest absolute Gasteiger partial charge is 0.493 e. The molecule has 0 saturated heterocycles. The van der Waals surface area contributed by atoms with Gasteiger partial charge < -0.3 is 10.1 Å². The van der Waals surface area contributed by atoms with Crippen LogP contribution >= 0.6 is 0 Å². The number of hydrogen-bond acceptors (Lipinski definition) is 5. The fourth-order valence-electron chi connectivity index (χ4n) is 3.03. The third-order valence-corrected chi connectivity index (χ3v) is 4.39. The molecular formula is C20H22N6O. The second-order valence-electron chi connectivity index (χ2n) is 6.38.